The van der Waals surface area contributed by atoms with Crippen LogP contribution in [0.25, 0.3) is 88.9 Å². The van der Waals surface area contributed by atoms with Crippen LogP contribution in [0.4, 0.5) is 0 Å². The largest absolute Gasteiger partial charge is 0.274 e. The molecule has 4 amide bonds. The molecule has 0 saturated carbocycles. The minimum absolute atomic E-state index is 0.138. The fourth-order valence-electron chi connectivity index (χ4n) is 8.54. The van der Waals surface area contributed by atoms with Crippen molar-refractivity contribution in [2.45, 2.75) is 27.7 Å². The predicted molar refractivity (Wildman–Crippen MR) is 195 cm³/mol. The van der Waals surface area contributed by atoms with Gasteiger partial charge in [-0.15, -0.1) is 0 Å². The summed E-state index contributed by atoms with van der Waals surface area (Å²) in [7, 11) is 0. The van der Waals surface area contributed by atoms with Crippen molar-refractivity contribution in [1.82, 2.24) is 34.7 Å². The van der Waals surface area contributed by atoms with Crippen LogP contribution in [0.3, 0.4) is 0 Å². The highest BCUT2D eigenvalue weighted by Crippen LogP contribution is 2.51. The molecule has 7 aromatic rings. The van der Waals surface area contributed by atoms with Gasteiger partial charge in [-0.2, -0.15) is 0 Å². The first-order valence-corrected chi connectivity index (χ1v) is 17.4. The van der Waals surface area contributed by atoms with Crippen LogP contribution < -0.4 is 0 Å². The van der Waals surface area contributed by atoms with E-state index in [0.717, 1.165) is 33.0 Å². The van der Waals surface area contributed by atoms with Crippen molar-refractivity contribution in [2.24, 2.45) is 11.8 Å². The smallest absolute Gasteiger partial charge is 0.261 e. The summed E-state index contributed by atoms with van der Waals surface area (Å²) < 4.78 is 0. The van der Waals surface area contributed by atoms with Crippen molar-refractivity contribution >= 4 is 67.5 Å². The van der Waals surface area contributed by atoms with Gasteiger partial charge in [0.2, 0.25) is 0 Å². The van der Waals surface area contributed by atoms with Crippen molar-refractivity contribution in [3.63, 3.8) is 0 Å². The second-order valence-electron chi connectivity index (χ2n) is 14.9. The first kappa shape index (κ1) is 29.3. The Bertz CT molecular complexity index is 2590. The third kappa shape index (κ3) is 3.52. The van der Waals surface area contributed by atoms with Crippen LogP contribution in [0.2, 0.25) is 0 Å². The van der Waals surface area contributed by atoms with Crippen molar-refractivity contribution in [3.8, 4) is 45.0 Å². The van der Waals surface area contributed by atoms with Gasteiger partial charge in [0.25, 0.3) is 23.6 Å². The normalized spacial score (nSPS) is 15.1. The van der Waals surface area contributed by atoms with E-state index >= 15 is 0 Å². The zero-order valence-corrected chi connectivity index (χ0v) is 28.5. The molecule has 11 rings (SSSR count). The molecule has 11 nitrogen and oxygen atoms in total. The SMILES string of the molecule is CC(C)CN1C(=O)c2ccc3c4c(ccc(c24)C1=O)-c1nc2nc4nc5c(nc4cc2nc1-3)-c1ccc2c3c(ccc-5c13)C(=O)N(CC(C)C)C2=O. The van der Waals surface area contributed by atoms with Crippen molar-refractivity contribution < 1.29 is 19.2 Å². The lowest BCUT2D eigenvalue weighted by Crippen LogP contribution is -2.42. The number of carbonyl (C=O) groups excluding carboxylic acids is 4. The number of pyridine rings is 1. The van der Waals surface area contributed by atoms with Gasteiger partial charge in [0.15, 0.2) is 11.3 Å². The van der Waals surface area contributed by atoms with E-state index < -0.39 is 0 Å². The molecule has 0 N–H and O–H groups in total. The monoisotopic (exact) mass is 681 g/mol. The van der Waals surface area contributed by atoms with E-state index in [1.807, 2.05) is 58.0 Å². The van der Waals surface area contributed by atoms with E-state index in [4.69, 9.17) is 24.9 Å². The number of imide groups is 2. The molecule has 0 bridgehead atoms. The molecular weight excluding hydrogens is 654 g/mol. The third-order valence-electron chi connectivity index (χ3n) is 10.6. The molecule has 0 atom stereocenters. The summed E-state index contributed by atoms with van der Waals surface area (Å²) in [4.78, 5) is 81.9. The fourth-order valence-corrected chi connectivity index (χ4v) is 8.54. The number of rotatable bonds is 4. The lowest BCUT2D eigenvalue weighted by atomic mass is 9.90. The molecule has 0 spiro atoms. The van der Waals surface area contributed by atoms with E-state index in [9.17, 15) is 19.2 Å². The second kappa shape index (κ2) is 9.64. The topological polar surface area (TPSA) is 139 Å². The highest BCUT2D eigenvalue weighted by atomic mass is 16.2. The summed E-state index contributed by atoms with van der Waals surface area (Å²) in [6.45, 7) is 8.64. The maximum atomic E-state index is 13.6. The highest BCUT2D eigenvalue weighted by Gasteiger charge is 2.39. The number of hydrogen-bond donors (Lipinski definition) is 0. The van der Waals surface area contributed by atoms with Gasteiger partial charge in [0, 0.05) is 79.1 Å². The van der Waals surface area contributed by atoms with Crippen LogP contribution in [-0.2, 0) is 0 Å². The van der Waals surface area contributed by atoms with Crippen molar-refractivity contribution in [1.29, 1.82) is 0 Å². The molecule has 0 unspecified atom stereocenters. The first-order chi connectivity index (χ1) is 25.1. The van der Waals surface area contributed by atoms with E-state index in [0.29, 0.717) is 91.2 Å². The Morgan fingerprint density at radius 3 is 1.04 bits per heavy atom. The van der Waals surface area contributed by atoms with Crippen LogP contribution in [0.5, 0.6) is 0 Å². The van der Waals surface area contributed by atoms with Gasteiger partial charge in [-0.05, 0) is 42.2 Å². The Morgan fingerprint density at radius 2 is 0.712 bits per heavy atom. The van der Waals surface area contributed by atoms with Crippen LogP contribution in [0, 0.1) is 11.8 Å². The molecule has 3 aromatic heterocycles. The summed E-state index contributed by atoms with van der Waals surface area (Å²) in [5.41, 5.74) is 9.62. The van der Waals surface area contributed by atoms with Crippen molar-refractivity contribution in [2.75, 3.05) is 13.1 Å². The van der Waals surface area contributed by atoms with Crippen LogP contribution >= 0.6 is 0 Å². The molecule has 5 heterocycles. The molecule has 4 aromatic carbocycles. The van der Waals surface area contributed by atoms with Gasteiger partial charge < -0.3 is 0 Å². The molecule has 11 heteroatoms. The minimum Gasteiger partial charge on any atom is -0.274 e. The number of fused-ring (bicyclic) bond motifs is 8. The standard InChI is InChI=1S/C41H27N7O4/c1-16(2)14-47-38(49)22-9-5-18-28-20(7-11-24(30(22)28)40(47)51)34-32(18)42-26-13-27-37(46-36(26)44-34)45-35-21-8-12-25-31-23(10-6-19(29(21)31)33(35)43-27)39(50)48(41(25)52)15-17(3)4/h5-13,16-17H,14-15H2,1-4H3. The summed E-state index contributed by atoms with van der Waals surface area (Å²) in [6.07, 6.45) is 0. The van der Waals surface area contributed by atoms with Crippen LogP contribution in [0.15, 0.2) is 54.6 Å². The Kier molecular flexibility index (Phi) is 5.42. The molecule has 250 valence electrons. The molecule has 0 fully saturated rings. The summed E-state index contributed by atoms with van der Waals surface area (Å²) in [5, 5.41) is 2.88. The Morgan fingerprint density at radius 1 is 0.423 bits per heavy atom. The lowest BCUT2D eigenvalue weighted by Gasteiger charge is -2.28. The van der Waals surface area contributed by atoms with E-state index in [1.165, 1.54) is 9.80 Å². The Labute approximate surface area is 295 Å². The molecule has 0 radical (unpaired) electrons. The number of nitrogens with zero attached hydrogens (tertiary/aromatic N) is 7. The molecule has 0 saturated heterocycles. The molecule has 4 aliphatic rings. The van der Waals surface area contributed by atoms with E-state index in [2.05, 4.69) is 0 Å². The van der Waals surface area contributed by atoms with Gasteiger partial charge in [-0.1, -0.05) is 52.0 Å². The number of amides is 4. The fraction of sp³-hybridized carbons (Fsp3) is 0.195. The summed E-state index contributed by atoms with van der Waals surface area (Å²) >= 11 is 0. The van der Waals surface area contributed by atoms with Crippen molar-refractivity contribution in [3.05, 3.63) is 76.9 Å². The van der Waals surface area contributed by atoms with Gasteiger partial charge in [-0.25, -0.2) is 24.9 Å². The maximum absolute atomic E-state index is 13.6. The quantitative estimate of drug-likeness (QED) is 0.141. The Balaban J connectivity index is 1.07. The van der Waals surface area contributed by atoms with Gasteiger partial charge in [0.05, 0.1) is 22.8 Å². The average Bonchev–Trinajstić information content (AvgIpc) is 3.61. The number of benzene rings is 4. The maximum Gasteiger partial charge on any atom is 0.261 e. The van der Waals surface area contributed by atoms with Gasteiger partial charge in [-0.3, -0.25) is 29.0 Å². The van der Waals surface area contributed by atoms with Gasteiger partial charge in [0.1, 0.15) is 11.0 Å². The number of hydrogen-bond acceptors (Lipinski definition) is 9. The molecule has 2 aliphatic heterocycles. The average molecular weight is 682 g/mol. The predicted octanol–water partition coefficient (Wildman–Crippen LogP) is 7.07. The summed E-state index contributed by atoms with van der Waals surface area (Å²) in [6, 6.07) is 16.5. The first-order valence-electron chi connectivity index (χ1n) is 17.4. The number of aromatic nitrogens is 5. The van der Waals surface area contributed by atoms with Gasteiger partial charge >= 0.3 is 0 Å². The van der Waals surface area contributed by atoms with Crippen LogP contribution in [0.1, 0.15) is 69.1 Å². The third-order valence-corrected chi connectivity index (χ3v) is 10.6. The second-order valence-corrected chi connectivity index (χ2v) is 14.9. The zero-order chi connectivity index (χ0) is 35.5. The summed E-state index contributed by atoms with van der Waals surface area (Å²) in [5.74, 6) is -0.879. The molecular formula is C41H27N7O4. The Hall–Kier alpha value is -6.49. The van der Waals surface area contributed by atoms with E-state index in [-0.39, 0.29) is 35.5 Å². The highest BCUT2D eigenvalue weighted by molar-refractivity contribution is 6.32. The van der Waals surface area contributed by atoms with E-state index in [1.54, 1.807) is 24.3 Å². The lowest BCUT2D eigenvalue weighted by molar-refractivity contribution is 0.0577. The van der Waals surface area contributed by atoms with Crippen LogP contribution in [-0.4, -0.2) is 71.4 Å². The number of carbonyl (C=O) groups is 4. The molecule has 2 aliphatic carbocycles. The minimum atomic E-state index is -0.289. The molecule has 52 heavy (non-hydrogen) atoms. The zero-order valence-electron chi connectivity index (χ0n) is 28.5.